The van der Waals surface area contributed by atoms with E-state index < -0.39 is 0 Å². The zero-order valence-electron chi connectivity index (χ0n) is 10.2. The van der Waals surface area contributed by atoms with Crippen molar-refractivity contribution in [1.29, 1.82) is 5.26 Å². The monoisotopic (exact) mass is 252 g/mol. The minimum atomic E-state index is 0.439. The van der Waals surface area contributed by atoms with Crippen LogP contribution in [-0.2, 0) is 0 Å². The van der Waals surface area contributed by atoms with Gasteiger partial charge in [-0.2, -0.15) is 5.26 Å². The van der Waals surface area contributed by atoms with E-state index in [1.54, 1.807) is 4.90 Å². The van der Waals surface area contributed by atoms with Crippen molar-refractivity contribution in [3.05, 3.63) is 22.3 Å². The van der Waals surface area contributed by atoms with Crippen LogP contribution in [0.3, 0.4) is 0 Å². The molecule has 5 heteroatoms. The fourth-order valence-electron chi connectivity index (χ4n) is 2.10. The van der Waals surface area contributed by atoms with Crippen LogP contribution in [0.4, 0.5) is 5.82 Å². The Hall–Kier alpha value is -1.31. The van der Waals surface area contributed by atoms with E-state index in [2.05, 4.69) is 23.0 Å². The molecule has 1 aliphatic rings. The van der Waals surface area contributed by atoms with Gasteiger partial charge in [0.1, 0.15) is 37.8 Å². The van der Waals surface area contributed by atoms with Crippen molar-refractivity contribution in [3.63, 3.8) is 0 Å². The molecule has 17 heavy (non-hydrogen) atoms. The predicted molar refractivity (Wildman–Crippen MR) is 66.3 cm³/mol. The molecule has 1 aromatic heterocycles. The molecular formula is C12H17ClN4+2. The van der Waals surface area contributed by atoms with Crippen molar-refractivity contribution in [2.75, 3.05) is 38.1 Å². The van der Waals surface area contributed by atoms with E-state index in [1.165, 1.54) is 0 Å². The summed E-state index contributed by atoms with van der Waals surface area (Å²) in [5, 5.41) is 9.40. The maximum atomic E-state index is 8.96. The van der Waals surface area contributed by atoms with Gasteiger partial charge in [-0.25, -0.2) is 4.98 Å². The van der Waals surface area contributed by atoms with Gasteiger partial charge in [-0.15, -0.1) is 0 Å². The molecule has 0 amide bonds. The summed E-state index contributed by atoms with van der Waals surface area (Å²) < 4.78 is 0. The first-order valence-electron chi connectivity index (χ1n) is 5.80. The average Bonchev–Trinajstić information content (AvgIpc) is 2.29. The highest BCUT2D eigenvalue weighted by Gasteiger charge is 2.25. The van der Waals surface area contributed by atoms with E-state index in [0.717, 1.165) is 37.6 Å². The molecule has 0 aliphatic carbocycles. The van der Waals surface area contributed by atoms with Crippen LogP contribution in [0.1, 0.15) is 11.1 Å². The van der Waals surface area contributed by atoms with Gasteiger partial charge in [0.2, 0.25) is 5.15 Å². The third-order valence-corrected chi connectivity index (χ3v) is 3.56. The highest BCUT2D eigenvalue weighted by atomic mass is 35.5. The summed E-state index contributed by atoms with van der Waals surface area (Å²) in [5.41, 5.74) is 1.47. The van der Waals surface area contributed by atoms with Crippen LogP contribution in [0.25, 0.3) is 0 Å². The van der Waals surface area contributed by atoms with Gasteiger partial charge in [-0.3, -0.25) is 4.90 Å². The van der Waals surface area contributed by atoms with Crippen LogP contribution >= 0.6 is 11.6 Å². The molecule has 0 bridgehead atoms. The van der Waals surface area contributed by atoms with E-state index in [4.69, 9.17) is 16.9 Å². The molecule has 1 aromatic rings. The van der Waals surface area contributed by atoms with Crippen molar-refractivity contribution < 1.29 is 9.88 Å². The molecule has 0 saturated carbocycles. The number of likely N-dealkylation sites (N-methyl/N-ethyl adjacent to an activating group) is 1. The first kappa shape index (κ1) is 12.2. The van der Waals surface area contributed by atoms with Crippen LogP contribution in [0.15, 0.2) is 6.07 Å². The maximum Gasteiger partial charge on any atom is 0.276 e. The number of piperazine rings is 1. The molecule has 90 valence electrons. The smallest absolute Gasteiger partial charge is 0.276 e. The summed E-state index contributed by atoms with van der Waals surface area (Å²) in [6.07, 6.45) is 0. The van der Waals surface area contributed by atoms with Crippen LogP contribution in [0, 0.1) is 18.3 Å². The average molecular weight is 253 g/mol. The highest BCUT2D eigenvalue weighted by molar-refractivity contribution is 6.29. The fraction of sp³-hybridized carbons (Fsp3) is 0.500. The van der Waals surface area contributed by atoms with Crippen molar-refractivity contribution in [1.82, 2.24) is 0 Å². The second-order valence-corrected chi connectivity index (χ2v) is 4.96. The topological polar surface area (TPSA) is 45.6 Å². The highest BCUT2D eigenvalue weighted by Crippen LogP contribution is 2.18. The Kier molecular flexibility index (Phi) is 3.51. The maximum absolute atomic E-state index is 8.96. The molecule has 2 N–H and O–H groups in total. The molecule has 1 fully saturated rings. The summed E-state index contributed by atoms with van der Waals surface area (Å²) in [6.45, 7) is 6.21. The molecule has 0 atom stereocenters. The number of H-pyrrole nitrogens is 1. The zero-order valence-corrected chi connectivity index (χ0v) is 10.9. The number of aryl methyl sites for hydroxylation is 1. The van der Waals surface area contributed by atoms with Crippen molar-refractivity contribution in [3.8, 4) is 6.07 Å². The number of anilines is 1. The zero-order chi connectivity index (χ0) is 12.4. The number of quaternary nitrogens is 1. The summed E-state index contributed by atoms with van der Waals surface area (Å²) in [7, 11) is 2.21. The molecule has 2 heterocycles. The Morgan fingerprint density at radius 3 is 2.65 bits per heavy atom. The number of halogens is 1. The molecule has 0 spiro atoms. The van der Waals surface area contributed by atoms with Gasteiger partial charge < -0.3 is 4.90 Å². The number of rotatable bonds is 1. The van der Waals surface area contributed by atoms with Crippen molar-refractivity contribution in [2.24, 2.45) is 0 Å². The van der Waals surface area contributed by atoms with Gasteiger partial charge in [-0.05, 0) is 24.1 Å². The molecule has 1 saturated heterocycles. The van der Waals surface area contributed by atoms with Crippen molar-refractivity contribution in [2.45, 2.75) is 6.92 Å². The van der Waals surface area contributed by atoms with Crippen LogP contribution in [-0.4, -0.2) is 33.2 Å². The van der Waals surface area contributed by atoms with E-state index in [9.17, 15) is 0 Å². The van der Waals surface area contributed by atoms with E-state index in [-0.39, 0.29) is 0 Å². The number of aromatic nitrogens is 1. The number of hydrogen-bond donors (Lipinski definition) is 1. The number of pyridine rings is 1. The summed E-state index contributed by atoms with van der Waals surface area (Å²) in [6, 6.07) is 4.12. The number of nitriles is 1. The van der Waals surface area contributed by atoms with Crippen LogP contribution in [0.5, 0.6) is 0 Å². The van der Waals surface area contributed by atoms with E-state index >= 15 is 0 Å². The second-order valence-electron chi connectivity index (χ2n) is 4.58. The molecular weight excluding hydrogens is 236 g/mol. The fourth-order valence-corrected chi connectivity index (χ4v) is 2.39. The molecule has 1 aliphatic heterocycles. The molecule has 0 aromatic carbocycles. The lowest BCUT2D eigenvalue weighted by molar-refractivity contribution is -0.880. The van der Waals surface area contributed by atoms with Gasteiger partial charge in [-0.1, -0.05) is 0 Å². The molecule has 4 nitrogen and oxygen atoms in total. The molecule has 2 rings (SSSR count). The Bertz CT molecular complexity index is 435. The summed E-state index contributed by atoms with van der Waals surface area (Å²) in [4.78, 5) is 6.95. The number of hydrogen-bond acceptors (Lipinski definition) is 2. The van der Waals surface area contributed by atoms with Crippen LogP contribution in [0.2, 0.25) is 5.15 Å². The van der Waals surface area contributed by atoms with Crippen LogP contribution < -0.4 is 14.8 Å². The third kappa shape index (κ3) is 2.51. The Labute approximate surface area is 106 Å². The normalized spacial score (nSPS) is 16.9. The van der Waals surface area contributed by atoms with Gasteiger partial charge >= 0.3 is 0 Å². The summed E-state index contributed by atoms with van der Waals surface area (Å²) >= 11 is 6.07. The van der Waals surface area contributed by atoms with Crippen molar-refractivity contribution >= 4 is 17.4 Å². The lowest BCUT2D eigenvalue weighted by atomic mass is 10.1. The first-order valence-corrected chi connectivity index (χ1v) is 6.18. The Morgan fingerprint density at radius 2 is 2.12 bits per heavy atom. The SMILES string of the molecule is Cc1cc(N2CC[NH+](C)CC2)[nH+]c(Cl)c1C#N. The first-order chi connectivity index (χ1) is 8.11. The third-order valence-electron chi connectivity index (χ3n) is 3.27. The molecule has 0 unspecified atom stereocenters. The van der Waals surface area contributed by atoms with E-state index in [1.807, 2.05) is 13.0 Å². The Morgan fingerprint density at radius 1 is 1.47 bits per heavy atom. The lowest BCUT2D eigenvalue weighted by Gasteiger charge is -2.25. The number of nitrogens with one attached hydrogen (secondary N) is 2. The predicted octanol–water partition coefficient (Wildman–Crippen LogP) is -0.331. The Balaban J connectivity index is 2.26. The van der Waals surface area contributed by atoms with Gasteiger partial charge in [0.15, 0.2) is 0 Å². The second kappa shape index (κ2) is 4.91. The lowest BCUT2D eigenvalue weighted by Crippen LogP contribution is -3.12. The minimum absolute atomic E-state index is 0.439. The van der Waals surface area contributed by atoms with Gasteiger partial charge in [0.05, 0.1) is 7.05 Å². The molecule has 0 radical (unpaired) electrons. The van der Waals surface area contributed by atoms with Gasteiger partial charge in [0, 0.05) is 6.07 Å². The number of nitrogens with zero attached hydrogens (tertiary/aromatic N) is 2. The minimum Gasteiger partial charge on any atom is -0.331 e. The quantitative estimate of drug-likeness (QED) is 0.696. The standard InChI is InChI=1S/C12H15ClN4/c1-9-7-11(15-12(13)10(9)8-14)17-5-3-16(2)4-6-17/h7H,3-6H2,1-2H3/p+2. The van der Waals surface area contributed by atoms with Gasteiger partial charge in [0.25, 0.3) is 5.82 Å². The largest absolute Gasteiger partial charge is 0.331 e. The summed E-state index contributed by atoms with van der Waals surface area (Å²) in [5.74, 6) is 1.01. The van der Waals surface area contributed by atoms with E-state index in [0.29, 0.717) is 10.7 Å². The number of aromatic amines is 1.